The van der Waals surface area contributed by atoms with Crippen LogP contribution < -0.4 is 9.80 Å². The predicted octanol–water partition coefficient (Wildman–Crippen LogP) is 8.21. The number of aromatic hydroxyl groups is 1. The molecule has 0 radical (unpaired) electrons. The molecule has 0 bridgehead atoms. The summed E-state index contributed by atoms with van der Waals surface area (Å²) in [6.45, 7) is 6.04. The van der Waals surface area contributed by atoms with E-state index in [0.717, 1.165) is 90.8 Å². The zero-order valence-electron chi connectivity index (χ0n) is 32.4. The van der Waals surface area contributed by atoms with Crippen LogP contribution in [0, 0.1) is 0 Å². The fraction of sp³-hybridized carbons (Fsp3) is 0.362. The van der Waals surface area contributed by atoms with Gasteiger partial charge in [-0.05, 0) is 110 Å². The van der Waals surface area contributed by atoms with Crippen LogP contribution in [0.3, 0.4) is 0 Å². The number of carbonyl (C=O) groups is 2. The second-order valence-electron chi connectivity index (χ2n) is 16.6. The van der Waals surface area contributed by atoms with Crippen LogP contribution in [-0.4, -0.2) is 83.8 Å². The number of anilines is 3. The molecule has 4 aromatic carbocycles. The van der Waals surface area contributed by atoms with Crippen LogP contribution in [0.15, 0.2) is 91.0 Å². The molecule has 292 valence electrons. The van der Waals surface area contributed by atoms with Crippen molar-refractivity contribution >= 4 is 40.5 Å². The predicted molar refractivity (Wildman–Crippen MR) is 224 cm³/mol. The van der Waals surface area contributed by atoms with E-state index in [-0.39, 0.29) is 29.0 Å². The third kappa shape index (κ3) is 6.40. The van der Waals surface area contributed by atoms with E-state index in [1.165, 1.54) is 24.1 Å². The van der Waals surface area contributed by atoms with Crippen LogP contribution >= 0.6 is 11.6 Å². The van der Waals surface area contributed by atoms with Gasteiger partial charge in [0.1, 0.15) is 5.75 Å². The Morgan fingerprint density at radius 1 is 0.895 bits per heavy atom. The number of amides is 2. The molecule has 1 saturated heterocycles. The summed E-state index contributed by atoms with van der Waals surface area (Å²) in [4.78, 5) is 38.9. The summed E-state index contributed by atoms with van der Waals surface area (Å²) in [5, 5.41) is 11.0. The first-order valence-electron chi connectivity index (χ1n) is 20.5. The van der Waals surface area contributed by atoms with E-state index in [1.54, 1.807) is 29.2 Å². The fourth-order valence-corrected chi connectivity index (χ4v) is 10.3. The van der Waals surface area contributed by atoms with Crippen molar-refractivity contribution in [1.29, 1.82) is 0 Å². The van der Waals surface area contributed by atoms with Gasteiger partial charge in [0.15, 0.2) is 0 Å². The number of fused-ring (bicyclic) bond motifs is 4. The quantitative estimate of drug-likeness (QED) is 0.179. The van der Waals surface area contributed by atoms with Crippen LogP contribution in [-0.2, 0) is 36.1 Å². The van der Waals surface area contributed by atoms with Crippen LogP contribution in [0.5, 0.6) is 5.75 Å². The van der Waals surface area contributed by atoms with Crippen molar-refractivity contribution in [2.24, 2.45) is 0 Å². The van der Waals surface area contributed by atoms with Gasteiger partial charge >= 0.3 is 0 Å². The Bertz CT molecular complexity index is 2380. The molecule has 1 N–H and O–H groups in total. The van der Waals surface area contributed by atoms with E-state index in [2.05, 4.69) is 45.7 Å². The minimum atomic E-state index is -0.127. The lowest BCUT2D eigenvalue weighted by molar-refractivity contribution is 0.0193. The van der Waals surface area contributed by atoms with Gasteiger partial charge in [0.2, 0.25) is 0 Å². The van der Waals surface area contributed by atoms with Gasteiger partial charge < -0.3 is 24.2 Å². The summed E-state index contributed by atoms with van der Waals surface area (Å²) in [6, 6.07) is 29.2. The standard InChI is InChI=1S/C47H48ClN5O4/c1-49-30-47(18-19-47)40-17-14-33(26-44(40)49)53(32-12-15-35(54)16-13-32)46(56)39-27-43(51-20-5-4-11-42(39)51)36-8-2-3-9-37(36)45(55)52-28-31-7-6-10-41(48)38(31)25-34(52)29-50-21-23-57-24-22-50/h2-3,6-10,12-17,26-27,34,54H,4-5,11,18-25,28-30H2,1H3/t34-/m0/s1. The molecule has 5 aromatic rings. The molecule has 0 unspecified atom stereocenters. The summed E-state index contributed by atoms with van der Waals surface area (Å²) in [5.41, 5.74) is 10.4. The Hall–Kier alpha value is -5.09. The van der Waals surface area contributed by atoms with E-state index in [0.29, 0.717) is 43.0 Å². The van der Waals surface area contributed by atoms with Crippen LogP contribution in [0.4, 0.5) is 17.1 Å². The third-order valence-corrected chi connectivity index (χ3v) is 13.5. The number of aromatic nitrogens is 1. The van der Waals surface area contributed by atoms with E-state index >= 15 is 9.59 Å². The van der Waals surface area contributed by atoms with Gasteiger partial charge in [0, 0.05) is 96.7 Å². The molecule has 57 heavy (non-hydrogen) atoms. The maximum Gasteiger partial charge on any atom is 0.264 e. The molecule has 1 aliphatic carbocycles. The Labute approximate surface area is 339 Å². The lowest BCUT2D eigenvalue weighted by Gasteiger charge is -2.41. The number of rotatable bonds is 7. The highest BCUT2D eigenvalue weighted by Crippen LogP contribution is 2.57. The minimum Gasteiger partial charge on any atom is -0.508 e. The smallest absolute Gasteiger partial charge is 0.264 e. The molecular formula is C47H48ClN5O4. The topological polar surface area (TPSA) is 81.5 Å². The van der Waals surface area contributed by atoms with Gasteiger partial charge in [0.25, 0.3) is 11.8 Å². The van der Waals surface area contributed by atoms with E-state index in [4.69, 9.17) is 16.3 Å². The monoisotopic (exact) mass is 781 g/mol. The SMILES string of the molecule is CN1CC2(CC2)c2ccc(N(C(=O)c3cc(-c4ccccc4C(=O)N4Cc5cccc(Cl)c5C[C@H]4CN4CCOCC4)n4c3CCCC4)c3ccc(O)cc3)cc21. The van der Waals surface area contributed by atoms with Crippen molar-refractivity contribution in [2.75, 3.05) is 56.2 Å². The van der Waals surface area contributed by atoms with E-state index in [9.17, 15) is 5.11 Å². The number of halogens is 1. The van der Waals surface area contributed by atoms with Gasteiger partial charge in [-0.3, -0.25) is 19.4 Å². The molecule has 5 heterocycles. The Morgan fingerprint density at radius 3 is 2.49 bits per heavy atom. The molecule has 4 aliphatic heterocycles. The Kier molecular flexibility index (Phi) is 9.15. The fourth-order valence-electron chi connectivity index (χ4n) is 9.98. The highest BCUT2D eigenvalue weighted by atomic mass is 35.5. The summed E-state index contributed by atoms with van der Waals surface area (Å²) >= 11 is 6.76. The minimum absolute atomic E-state index is 0.0184. The van der Waals surface area contributed by atoms with E-state index in [1.807, 2.05) is 47.4 Å². The van der Waals surface area contributed by atoms with Crippen molar-refractivity contribution in [2.45, 2.75) is 63.1 Å². The highest BCUT2D eigenvalue weighted by Gasteiger charge is 2.51. The van der Waals surface area contributed by atoms with Gasteiger partial charge in [-0.25, -0.2) is 0 Å². The van der Waals surface area contributed by atoms with Crippen LogP contribution in [0.25, 0.3) is 11.3 Å². The average molecular weight is 782 g/mol. The van der Waals surface area contributed by atoms with Crippen molar-refractivity contribution < 1.29 is 19.4 Å². The molecule has 1 saturated carbocycles. The number of phenols is 1. The lowest BCUT2D eigenvalue weighted by Crippen LogP contribution is -2.52. The second kappa shape index (κ2) is 14.4. The number of nitrogens with zero attached hydrogens (tertiary/aromatic N) is 5. The molecule has 2 amide bonds. The largest absolute Gasteiger partial charge is 0.508 e. The van der Waals surface area contributed by atoms with Crippen molar-refractivity contribution in [3.05, 3.63) is 130 Å². The normalized spacial score (nSPS) is 19.6. The highest BCUT2D eigenvalue weighted by molar-refractivity contribution is 6.31. The zero-order valence-corrected chi connectivity index (χ0v) is 33.2. The summed E-state index contributed by atoms with van der Waals surface area (Å²) in [7, 11) is 2.14. The number of carbonyl (C=O) groups excluding carboxylic acids is 2. The number of hydrogen-bond acceptors (Lipinski definition) is 6. The molecule has 5 aliphatic rings. The molecule has 9 nitrogen and oxygen atoms in total. The third-order valence-electron chi connectivity index (χ3n) is 13.1. The molecule has 10 heteroatoms. The molecule has 1 spiro atoms. The Morgan fingerprint density at radius 2 is 1.68 bits per heavy atom. The number of morpholine rings is 1. The molecular weight excluding hydrogens is 734 g/mol. The number of likely N-dealkylation sites (N-methyl/N-ethyl adjacent to an activating group) is 1. The first kappa shape index (κ1) is 36.3. The Balaban J connectivity index is 1.04. The number of hydrogen-bond donors (Lipinski definition) is 1. The van der Waals surface area contributed by atoms with Crippen LogP contribution in [0.2, 0.25) is 5.02 Å². The van der Waals surface area contributed by atoms with Gasteiger partial charge in [-0.15, -0.1) is 0 Å². The van der Waals surface area contributed by atoms with Gasteiger partial charge in [-0.2, -0.15) is 0 Å². The maximum atomic E-state index is 15.2. The summed E-state index contributed by atoms with van der Waals surface area (Å²) < 4.78 is 7.93. The molecule has 2 fully saturated rings. The number of phenolic OH excluding ortho intramolecular Hbond substituents is 1. The summed E-state index contributed by atoms with van der Waals surface area (Å²) in [5.74, 6) is 0.00107. The first-order valence-corrected chi connectivity index (χ1v) is 20.8. The van der Waals surface area contributed by atoms with Gasteiger partial charge in [-0.1, -0.05) is 48.0 Å². The zero-order chi connectivity index (χ0) is 38.8. The first-order chi connectivity index (χ1) is 27.8. The number of ether oxygens (including phenoxy) is 1. The average Bonchev–Trinajstić information content (AvgIpc) is 3.83. The van der Waals surface area contributed by atoms with E-state index < -0.39 is 0 Å². The van der Waals surface area contributed by atoms with Gasteiger partial charge in [0.05, 0.1) is 24.5 Å². The van der Waals surface area contributed by atoms with Crippen LogP contribution in [0.1, 0.15) is 68.8 Å². The summed E-state index contributed by atoms with van der Waals surface area (Å²) in [6.07, 6.45) is 5.82. The number of benzene rings is 4. The molecule has 1 aromatic heterocycles. The second-order valence-corrected chi connectivity index (χ2v) is 17.0. The molecule has 10 rings (SSSR count). The molecule has 1 atom stereocenters. The van der Waals surface area contributed by atoms with Crippen molar-refractivity contribution in [1.82, 2.24) is 14.4 Å². The van der Waals surface area contributed by atoms with Crippen molar-refractivity contribution in [3.8, 4) is 17.0 Å². The maximum absolute atomic E-state index is 15.2. The lowest BCUT2D eigenvalue weighted by atomic mass is 9.92. The van der Waals surface area contributed by atoms with Crippen molar-refractivity contribution in [3.63, 3.8) is 0 Å².